The summed E-state index contributed by atoms with van der Waals surface area (Å²) in [6.45, 7) is 0. The Kier molecular flexibility index (Phi) is 5.80. The lowest BCUT2D eigenvalue weighted by atomic mass is 10.0. The fourth-order valence-electron chi connectivity index (χ4n) is 5.17. The number of fused-ring (bicyclic) bond motifs is 2. The Hall–Kier alpha value is -5.28. The summed E-state index contributed by atoms with van der Waals surface area (Å²) >= 11 is 0. The van der Waals surface area contributed by atoms with Gasteiger partial charge in [-0.25, -0.2) is 4.98 Å². The predicted molar refractivity (Wildman–Crippen MR) is 163 cm³/mol. The number of nitrogens with zero attached hydrogens (tertiary/aromatic N) is 3. The van der Waals surface area contributed by atoms with E-state index < -0.39 is 0 Å². The van der Waals surface area contributed by atoms with Crippen LogP contribution in [-0.2, 0) is 0 Å². The van der Waals surface area contributed by atoms with Crippen LogP contribution >= 0.6 is 0 Å². The molecule has 7 aromatic rings. The van der Waals surface area contributed by atoms with Crippen LogP contribution in [0.5, 0.6) is 0 Å². The Morgan fingerprint density at radius 2 is 1.13 bits per heavy atom. The maximum atomic E-state index is 4.98. The molecule has 3 nitrogen and oxygen atoms in total. The van der Waals surface area contributed by atoms with Crippen molar-refractivity contribution in [2.45, 2.75) is 0 Å². The zero-order valence-corrected chi connectivity index (χ0v) is 21.3. The highest BCUT2D eigenvalue weighted by molar-refractivity contribution is 5.94. The van der Waals surface area contributed by atoms with E-state index in [0.717, 1.165) is 50.5 Å². The van der Waals surface area contributed by atoms with Gasteiger partial charge in [0.2, 0.25) is 0 Å². The molecule has 0 N–H and O–H groups in total. The predicted octanol–water partition coefficient (Wildman–Crippen LogP) is 9.59. The average Bonchev–Trinajstić information content (AvgIpc) is 3.02. The Bertz CT molecular complexity index is 1900. The molecule has 0 atom stereocenters. The van der Waals surface area contributed by atoms with Gasteiger partial charge < -0.3 is 4.90 Å². The van der Waals surface area contributed by atoms with E-state index in [9.17, 15) is 0 Å². The number of pyridine rings is 2. The average molecular weight is 500 g/mol. The highest BCUT2D eigenvalue weighted by Crippen LogP contribution is 2.37. The Balaban J connectivity index is 1.33. The zero-order chi connectivity index (χ0) is 26.0. The third-order valence-corrected chi connectivity index (χ3v) is 7.08. The molecule has 2 heterocycles. The summed E-state index contributed by atoms with van der Waals surface area (Å²) in [6, 6.07) is 50.8. The van der Waals surface area contributed by atoms with E-state index in [1.54, 1.807) is 0 Å². The lowest BCUT2D eigenvalue weighted by Crippen LogP contribution is -2.09. The number of rotatable bonds is 5. The molecule has 0 unspecified atom stereocenters. The van der Waals surface area contributed by atoms with Crippen LogP contribution in [0.25, 0.3) is 44.2 Å². The Labute approximate surface area is 227 Å². The van der Waals surface area contributed by atoms with E-state index in [0.29, 0.717) is 0 Å². The van der Waals surface area contributed by atoms with E-state index >= 15 is 0 Å². The van der Waals surface area contributed by atoms with E-state index in [1.807, 2.05) is 24.4 Å². The third kappa shape index (κ3) is 4.41. The Morgan fingerprint density at radius 1 is 0.462 bits per heavy atom. The van der Waals surface area contributed by atoms with E-state index in [4.69, 9.17) is 4.98 Å². The Morgan fingerprint density at radius 3 is 1.92 bits per heavy atom. The van der Waals surface area contributed by atoms with Crippen LogP contribution in [0.1, 0.15) is 0 Å². The molecule has 0 amide bonds. The quantitative estimate of drug-likeness (QED) is 0.236. The van der Waals surface area contributed by atoms with Gasteiger partial charge in [0.1, 0.15) is 0 Å². The van der Waals surface area contributed by atoms with Gasteiger partial charge in [0.25, 0.3) is 0 Å². The fourth-order valence-corrected chi connectivity index (χ4v) is 5.17. The minimum Gasteiger partial charge on any atom is -0.310 e. The summed E-state index contributed by atoms with van der Waals surface area (Å²) in [5.41, 5.74) is 9.33. The van der Waals surface area contributed by atoms with Crippen LogP contribution in [0.15, 0.2) is 152 Å². The summed E-state index contributed by atoms with van der Waals surface area (Å²) < 4.78 is 0. The van der Waals surface area contributed by atoms with Crippen molar-refractivity contribution in [1.82, 2.24) is 9.97 Å². The van der Waals surface area contributed by atoms with Gasteiger partial charge in [0, 0.05) is 34.4 Å². The van der Waals surface area contributed by atoms with E-state index in [2.05, 4.69) is 137 Å². The molecule has 0 saturated carbocycles. The summed E-state index contributed by atoms with van der Waals surface area (Å²) in [5, 5.41) is 2.45. The molecule has 184 valence electrons. The maximum absolute atomic E-state index is 4.98. The number of aromatic nitrogens is 2. The molecule has 5 aromatic carbocycles. The smallest absolute Gasteiger partial charge is 0.0965 e. The van der Waals surface area contributed by atoms with Crippen molar-refractivity contribution in [2.24, 2.45) is 0 Å². The van der Waals surface area contributed by atoms with Crippen molar-refractivity contribution in [3.63, 3.8) is 0 Å². The first-order chi connectivity index (χ1) is 19.3. The van der Waals surface area contributed by atoms with E-state index in [1.165, 1.54) is 10.8 Å². The third-order valence-electron chi connectivity index (χ3n) is 7.08. The van der Waals surface area contributed by atoms with Crippen LogP contribution in [0.3, 0.4) is 0 Å². The molecule has 0 aliphatic rings. The minimum absolute atomic E-state index is 0.889. The van der Waals surface area contributed by atoms with Gasteiger partial charge in [-0.2, -0.15) is 0 Å². The molecule has 0 saturated heterocycles. The topological polar surface area (TPSA) is 29.0 Å². The molecule has 0 aliphatic carbocycles. The molecule has 0 fully saturated rings. The normalized spacial score (nSPS) is 11.1. The van der Waals surface area contributed by atoms with Gasteiger partial charge in [-0.3, -0.25) is 4.98 Å². The molecule has 2 aromatic heterocycles. The van der Waals surface area contributed by atoms with Crippen LogP contribution in [0, 0.1) is 0 Å². The zero-order valence-electron chi connectivity index (χ0n) is 21.3. The number of hydrogen-bond acceptors (Lipinski definition) is 3. The first-order valence-corrected chi connectivity index (χ1v) is 13.1. The van der Waals surface area contributed by atoms with Crippen molar-refractivity contribution in [1.29, 1.82) is 0 Å². The molecule has 0 aliphatic heterocycles. The molecule has 0 radical (unpaired) electrons. The van der Waals surface area contributed by atoms with Gasteiger partial charge in [0.15, 0.2) is 0 Å². The van der Waals surface area contributed by atoms with Gasteiger partial charge >= 0.3 is 0 Å². The van der Waals surface area contributed by atoms with Crippen molar-refractivity contribution in [3.8, 4) is 22.4 Å². The first kappa shape index (κ1) is 22.9. The fraction of sp³-hybridized carbons (Fsp3) is 0. The van der Waals surface area contributed by atoms with E-state index in [-0.39, 0.29) is 0 Å². The summed E-state index contributed by atoms with van der Waals surface area (Å²) in [6.07, 6.45) is 1.83. The molecule has 39 heavy (non-hydrogen) atoms. The van der Waals surface area contributed by atoms with Crippen LogP contribution in [0.4, 0.5) is 17.1 Å². The molecular weight excluding hydrogens is 474 g/mol. The molecular formula is C36H25N3. The SMILES string of the molecule is c1ccc(-c2cc(-c3ccc(N(c4ccccc4)c4ccc5ccccc5c4)cc3)nc3cccnc23)cc1. The van der Waals surface area contributed by atoms with Gasteiger partial charge in [0.05, 0.1) is 16.7 Å². The number of anilines is 3. The summed E-state index contributed by atoms with van der Waals surface area (Å²) in [5.74, 6) is 0. The number of hydrogen-bond donors (Lipinski definition) is 0. The first-order valence-electron chi connectivity index (χ1n) is 13.1. The minimum atomic E-state index is 0.889. The van der Waals surface area contributed by atoms with Gasteiger partial charge in [-0.1, -0.05) is 91.0 Å². The largest absolute Gasteiger partial charge is 0.310 e. The van der Waals surface area contributed by atoms with Gasteiger partial charge in [-0.05, 0) is 70.9 Å². The van der Waals surface area contributed by atoms with Crippen molar-refractivity contribution >= 4 is 38.9 Å². The maximum Gasteiger partial charge on any atom is 0.0965 e. The molecule has 3 heteroatoms. The lowest BCUT2D eigenvalue weighted by molar-refractivity contribution is 1.28. The highest BCUT2D eigenvalue weighted by atomic mass is 15.1. The monoisotopic (exact) mass is 499 g/mol. The van der Waals surface area contributed by atoms with Crippen LogP contribution < -0.4 is 4.90 Å². The second kappa shape index (κ2) is 9.88. The molecule has 0 spiro atoms. The van der Waals surface area contributed by atoms with Crippen molar-refractivity contribution < 1.29 is 0 Å². The second-order valence-corrected chi connectivity index (χ2v) is 9.54. The van der Waals surface area contributed by atoms with Crippen molar-refractivity contribution in [2.75, 3.05) is 4.90 Å². The summed E-state index contributed by atoms with van der Waals surface area (Å²) in [4.78, 5) is 11.9. The number of para-hydroxylation sites is 1. The van der Waals surface area contributed by atoms with Crippen LogP contribution in [-0.4, -0.2) is 9.97 Å². The second-order valence-electron chi connectivity index (χ2n) is 9.54. The van der Waals surface area contributed by atoms with Gasteiger partial charge in [-0.15, -0.1) is 0 Å². The number of benzene rings is 5. The van der Waals surface area contributed by atoms with Crippen LogP contribution in [0.2, 0.25) is 0 Å². The molecule has 0 bridgehead atoms. The van der Waals surface area contributed by atoms with Crippen molar-refractivity contribution in [3.05, 3.63) is 152 Å². The lowest BCUT2D eigenvalue weighted by Gasteiger charge is -2.26. The highest BCUT2D eigenvalue weighted by Gasteiger charge is 2.14. The standard InChI is InChI=1S/C36H25N3/c1-3-11-27(12-4-1)33-25-35(38-34-16-9-23-37-36(33)34)28-18-20-31(21-19-28)39(30-14-5-2-6-15-30)32-22-17-26-10-7-8-13-29(26)24-32/h1-25H. The summed E-state index contributed by atoms with van der Waals surface area (Å²) in [7, 11) is 0. The molecule has 7 rings (SSSR count).